The van der Waals surface area contributed by atoms with Crippen LogP contribution in [0.5, 0.6) is 11.5 Å². The van der Waals surface area contributed by atoms with Crippen LogP contribution in [0.1, 0.15) is 58.6 Å². The van der Waals surface area contributed by atoms with Crippen LogP contribution in [0, 0.1) is 0 Å². The van der Waals surface area contributed by atoms with Crippen LogP contribution >= 0.6 is 70.6 Å². The topological polar surface area (TPSA) is 193 Å². The molecule has 0 aliphatic carbocycles. The average molecular weight is 1520 g/mol. The van der Waals surface area contributed by atoms with Gasteiger partial charge < -0.3 is 76.2 Å². The molecule has 103 heavy (non-hydrogen) atoms. The third-order valence-electron chi connectivity index (χ3n) is 18.5. The predicted octanol–water partition coefficient (Wildman–Crippen LogP) is 16.0. The van der Waals surface area contributed by atoms with E-state index in [-0.39, 0.29) is 13.2 Å². The Labute approximate surface area is 629 Å². The summed E-state index contributed by atoms with van der Waals surface area (Å²) >= 11 is 7.83. The average Bonchev–Trinajstić information content (AvgIpc) is 0.774. The van der Waals surface area contributed by atoms with Gasteiger partial charge in [-0.05, 0) is 161 Å². The van der Waals surface area contributed by atoms with Gasteiger partial charge in [0, 0.05) is 26.0 Å². The Balaban J connectivity index is 0.816. The quantitative estimate of drug-likeness (QED) is 0.0477. The van der Waals surface area contributed by atoms with Crippen molar-refractivity contribution in [3.8, 4) is 11.5 Å². The number of carbonyl (C=O) groups is 2. The van der Waals surface area contributed by atoms with Crippen LogP contribution in [0.2, 0.25) is 0 Å². The van der Waals surface area contributed by atoms with Crippen LogP contribution in [0.3, 0.4) is 0 Å². The van der Waals surface area contributed by atoms with Gasteiger partial charge in [0.05, 0.1) is 73.6 Å². The molecule has 5 heterocycles. The van der Waals surface area contributed by atoms with Crippen LogP contribution in [0.4, 0.5) is 9.59 Å². The van der Waals surface area contributed by atoms with Crippen molar-refractivity contribution in [2.24, 2.45) is 0 Å². The van der Waals surface area contributed by atoms with Crippen molar-refractivity contribution in [1.82, 2.24) is 0 Å². The van der Waals surface area contributed by atoms with Gasteiger partial charge in [-0.3, -0.25) is 0 Å². The highest BCUT2D eigenvalue weighted by Gasteiger charge is 2.57. The highest BCUT2D eigenvalue weighted by atomic mass is 32.2. The van der Waals surface area contributed by atoms with Gasteiger partial charge in [-0.2, -0.15) is 0 Å². The largest absolute Gasteiger partial charge is 0.497 e. The first-order valence-electron chi connectivity index (χ1n) is 34.7. The van der Waals surface area contributed by atoms with Crippen LogP contribution in [0.15, 0.2) is 226 Å². The maximum Gasteiger partial charge on any atom is 0.367 e. The van der Waals surface area contributed by atoms with Gasteiger partial charge in [-0.25, -0.2) is 9.59 Å². The van der Waals surface area contributed by atoms with Gasteiger partial charge in [0.25, 0.3) is 0 Å². The molecule has 0 saturated carbocycles. The molecule has 0 bridgehead atoms. The van der Waals surface area contributed by atoms with Gasteiger partial charge in [-0.15, -0.1) is 47.0 Å². The van der Waals surface area contributed by atoms with E-state index in [9.17, 15) is 14.7 Å². The molecule has 550 valence electrons. The van der Waals surface area contributed by atoms with Crippen molar-refractivity contribution in [3.63, 3.8) is 0 Å². The first kappa shape index (κ1) is 77.3. The zero-order chi connectivity index (χ0) is 71.8. The zero-order valence-electron chi connectivity index (χ0n) is 58.6. The molecule has 0 unspecified atom stereocenters. The number of methoxy groups -OCH3 is 1. The molecule has 12 rings (SSSR count). The second-order valence-electron chi connectivity index (χ2n) is 25.6. The fraction of sp³-hybridized carbons (Fsp3) is 0.443. The monoisotopic (exact) mass is 1520 g/mol. The lowest BCUT2D eigenvalue weighted by Crippen LogP contribution is -2.64. The van der Waals surface area contributed by atoms with Crippen molar-refractivity contribution in [1.29, 1.82) is 0 Å². The van der Waals surface area contributed by atoms with Gasteiger partial charge in [0.15, 0.2) is 25.2 Å². The third kappa shape index (κ3) is 20.5. The smallest absolute Gasteiger partial charge is 0.367 e. The minimum absolute atomic E-state index is 0.257. The second kappa shape index (κ2) is 38.0. The van der Waals surface area contributed by atoms with E-state index < -0.39 is 149 Å². The van der Waals surface area contributed by atoms with Gasteiger partial charge in [-0.1, -0.05) is 133 Å². The molecule has 7 aromatic carbocycles. The molecule has 5 fully saturated rings. The van der Waals surface area contributed by atoms with E-state index in [0.717, 1.165) is 54.2 Å². The van der Waals surface area contributed by atoms with Crippen molar-refractivity contribution in [2.45, 2.75) is 218 Å². The molecular formula is C79H90O18S6. The molecule has 5 aliphatic heterocycles. The normalized spacial score (nSPS) is 32.4. The molecule has 0 amide bonds. The summed E-state index contributed by atoms with van der Waals surface area (Å²) in [5, 5.41) is 8.74. The fourth-order valence-corrected chi connectivity index (χ4v) is 18.4. The number of carbonyl (C=O) groups excluding carboxylic acids is 2. The summed E-state index contributed by atoms with van der Waals surface area (Å²) in [4.78, 5) is 31.3. The van der Waals surface area contributed by atoms with E-state index in [1.54, 1.807) is 19.6 Å². The summed E-state index contributed by atoms with van der Waals surface area (Å²) in [5.41, 5.74) is 1.93. The van der Waals surface area contributed by atoms with Crippen molar-refractivity contribution in [2.75, 3.05) is 19.6 Å². The first-order valence-corrected chi connectivity index (χ1v) is 40.7. The summed E-state index contributed by atoms with van der Waals surface area (Å²) in [7, 11) is 1.61. The number of ether oxygens (including phenoxy) is 15. The van der Waals surface area contributed by atoms with Crippen LogP contribution < -0.4 is 9.47 Å². The number of thioether (sulfide) groups is 6. The van der Waals surface area contributed by atoms with E-state index >= 15 is 0 Å². The van der Waals surface area contributed by atoms with Gasteiger partial charge in [0.1, 0.15) is 64.7 Å². The minimum Gasteiger partial charge on any atom is -0.497 e. The SMILES string of the molecule is COc1ccc(O[C@@H]2O[C@H](C)[C@@H](O[C@@H]3O[C@H](C)[C@@H](OCc4ccccc4)[C@H](O[C@H]4CC[C@H](O[C@@H]5O[C@H](C)[C@@H](O[C@@H]6O[C@H](C)[C@@H](OCc7ccccc7)[C@H](O)[C@H]6Sc6ccccc6)[C@H](OC(=O)SC)[C@H]5Sc5ccccc5)[C@H](C)O4)[C@H]3Sc3ccccc3)[C@H](OC(=O)SC)[C@H]2Sc2ccccc2)cc1. The van der Waals surface area contributed by atoms with Crippen molar-refractivity contribution in [3.05, 3.63) is 217 Å². The van der Waals surface area contributed by atoms with Crippen LogP contribution in [-0.4, -0.2) is 173 Å². The van der Waals surface area contributed by atoms with Crippen molar-refractivity contribution < 1.29 is 85.7 Å². The Morgan fingerprint density at radius 3 is 1.20 bits per heavy atom. The lowest BCUT2D eigenvalue weighted by atomic mass is 9.98. The summed E-state index contributed by atoms with van der Waals surface area (Å²) in [5.74, 6) is 1.20. The Bertz CT molecular complexity index is 3690. The molecule has 0 radical (unpaired) electrons. The summed E-state index contributed by atoms with van der Waals surface area (Å²) in [6.07, 6.45) is -11.1. The number of hydrogen-bond donors (Lipinski definition) is 1. The lowest BCUT2D eigenvalue weighted by Gasteiger charge is -2.50. The second-order valence-corrected chi connectivity index (χ2v) is 32.1. The minimum atomic E-state index is -1.04. The molecule has 5 saturated heterocycles. The van der Waals surface area contributed by atoms with E-state index in [4.69, 9.17) is 71.1 Å². The Hall–Kier alpha value is -5.30. The molecule has 1 N–H and O–H groups in total. The highest BCUT2D eigenvalue weighted by molar-refractivity contribution is 8.12. The van der Waals surface area contributed by atoms with E-state index in [0.29, 0.717) is 24.3 Å². The standard InChI is InChI=1S/C79H90O18S6/c1-47-60(92-76-73(103-59-37-25-14-26-38-59)69(97-79(82)99-8)65(51(5)90-76)94-74-70(100-56-31-19-11-20-32-56)62(80)63(48(2)87-74)84-45-52-27-15-9-16-28-52)43-44-61(86-47)93-67-64(85-46-53-29-17-10-18-30-53)49(3)88-77(71(67)101-57-33-21-12-22-34-57)95-66-50(4)89-75(91-55-41-39-54(83-6)40-42-55)72(68(66)96-78(81)98-7)102-58-35-23-13-24-36-58/h9-42,47-51,60-77,80H,43-46H2,1-8H3/t47-,48+,49+,50+,51+,60-,61-,62-,63+,64+,65+,66+,67-,68-,69-,70+,71+,72+,73+,74-,75-,76-,77-/m0/s1. The van der Waals surface area contributed by atoms with E-state index in [1.807, 2.05) is 241 Å². The highest BCUT2D eigenvalue weighted by Crippen LogP contribution is 2.47. The summed E-state index contributed by atoms with van der Waals surface area (Å²) in [6, 6.07) is 66.6. The maximum absolute atomic E-state index is 13.9. The zero-order valence-corrected chi connectivity index (χ0v) is 63.5. The molecule has 7 aromatic rings. The van der Waals surface area contributed by atoms with E-state index in [2.05, 4.69) is 0 Å². The lowest BCUT2D eigenvalue weighted by molar-refractivity contribution is -0.335. The Morgan fingerprint density at radius 1 is 0.388 bits per heavy atom. The number of benzene rings is 7. The van der Waals surface area contributed by atoms with Crippen molar-refractivity contribution >= 4 is 81.2 Å². The number of aliphatic hydroxyl groups excluding tert-OH is 1. The Morgan fingerprint density at radius 2 is 0.757 bits per heavy atom. The van der Waals surface area contributed by atoms with Crippen LogP contribution in [0.25, 0.3) is 0 Å². The molecule has 0 aromatic heterocycles. The molecular weight excluding hydrogens is 1430 g/mol. The molecule has 18 nitrogen and oxygen atoms in total. The number of rotatable bonds is 27. The third-order valence-corrected chi connectivity index (χ3v) is 24.6. The molecule has 24 heteroatoms. The number of hydrogen-bond acceptors (Lipinski definition) is 24. The first-order chi connectivity index (χ1) is 50.2. The molecule has 5 aliphatic rings. The van der Waals surface area contributed by atoms with E-state index in [1.165, 1.54) is 47.0 Å². The van der Waals surface area contributed by atoms with Gasteiger partial charge in [0.2, 0.25) is 6.29 Å². The molecule has 23 atom stereocenters. The molecule has 0 spiro atoms. The summed E-state index contributed by atoms with van der Waals surface area (Å²) < 4.78 is 103. The predicted molar refractivity (Wildman–Crippen MR) is 402 cm³/mol. The van der Waals surface area contributed by atoms with Crippen LogP contribution in [-0.2, 0) is 74.8 Å². The van der Waals surface area contributed by atoms with Gasteiger partial charge >= 0.3 is 10.6 Å². The summed E-state index contributed by atoms with van der Waals surface area (Å²) in [6.45, 7) is 10.1. The Kier molecular flexibility index (Phi) is 28.5. The number of aliphatic hydroxyl groups is 1. The fourth-order valence-electron chi connectivity index (χ4n) is 13.2. The maximum atomic E-state index is 13.9.